The minimum absolute atomic E-state index is 0.658. The molecular formula is C12H26N2. The maximum absolute atomic E-state index is 5.78. The van der Waals surface area contributed by atoms with Crippen LogP contribution < -0.4 is 5.73 Å². The highest BCUT2D eigenvalue weighted by Crippen LogP contribution is 2.20. The highest BCUT2D eigenvalue weighted by atomic mass is 14.8. The van der Waals surface area contributed by atoms with Crippen LogP contribution in [0.25, 0.3) is 0 Å². The summed E-state index contributed by atoms with van der Waals surface area (Å²) in [7, 11) is 0. The lowest BCUT2D eigenvalue weighted by molar-refractivity contribution is 0.297. The smallest absolute Gasteiger partial charge is 0.0937 e. The van der Waals surface area contributed by atoms with E-state index >= 15 is 0 Å². The Morgan fingerprint density at radius 1 is 1.14 bits per heavy atom. The molecule has 0 aromatic rings. The molecule has 2 heteroatoms. The molecule has 0 saturated carbocycles. The van der Waals surface area contributed by atoms with Gasteiger partial charge in [0.05, 0.1) is 5.84 Å². The quantitative estimate of drug-likeness (QED) is 0.517. The van der Waals surface area contributed by atoms with Crippen molar-refractivity contribution in [1.29, 1.82) is 0 Å². The Bertz CT molecular complexity index is 163. The number of aliphatic imine (C=N–C) groups is 1. The zero-order valence-corrected chi connectivity index (χ0v) is 10.4. The molecule has 0 radical (unpaired) electrons. The monoisotopic (exact) mass is 198 g/mol. The zero-order chi connectivity index (χ0) is 11.1. The molecule has 0 aliphatic carbocycles. The van der Waals surface area contributed by atoms with E-state index in [4.69, 9.17) is 5.73 Å². The van der Waals surface area contributed by atoms with Crippen molar-refractivity contribution in [3.8, 4) is 0 Å². The Hall–Kier alpha value is -0.530. The third kappa shape index (κ3) is 5.25. The second-order valence-electron chi connectivity index (χ2n) is 4.73. The van der Waals surface area contributed by atoms with Gasteiger partial charge in [0.2, 0.25) is 0 Å². The van der Waals surface area contributed by atoms with E-state index in [0.29, 0.717) is 17.8 Å². The number of nitrogens with two attached hydrogens (primary N) is 1. The number of hydrogen-bond donors (Lipinski definition) is 1. The van der Waals surface area contributed by atoms with Gasteiger partial charge in [0.15, 0.2) is 0 Å². The van der Waals surface area contributed by atoms with Crippen LogP contribution in [0.5, 0.6) is 0 Å². The number of nitrogens with zero attached hydrogens (tertiary/aromatic N) is 1. The highest BCUT2D eigenvalue weighted by molar-refractivity contribution is 5.80. The van der Waals surface area contributed by atoms with Crippen molar-refractivity contribution >= 4 is 5.84 Å². The minimum atomic E-state index is 0.658. The predicted molar refractivity (Wildman–Crippen MR) is 64.6 cm³/mol. The molecule has 2 nitrogen and oxygen atoms in total. The first-order valence-electron chi connectivity index (χ1n) is 5.77. The Morgan fingerprint density at radius 2 is 1.64 bits per heavy atom. The van der Waals surface area contributed by atoms with Crippen molar-refractivity contribution in [1.82, 2.24) is 0 Å². The van der Waals surface area contributed by atoms with Crippen LogP contribution >= 0.6 is 0 Å². The maximum atomic E-state index is 5.78. The largest absolute Gasteiger partial charge is 0.387 e. The fourth-order valence-electron chi connectivity index (χ4n) is 1.75. The average molecular weight is 198 g/mol. The van der Waals surface area contributed by atoms with Crippen LogP contribution in [0.3, 0.4) is 0 Å². The molecule has 0 aromatic carbocycles. The van der Waals surface area contributed by atoms with Gasteiger partial charge in [0.1, 0.15) is 0 Å². The van der Waals surface area contributed by atoms with E-state index in [-0.39, 0.29) is 0 Å². The summed E-state index contributed by atoms with van der Waals surface area (Å²) in [6, 6.07) is 0. The van der Waals surface area contributed by atoms with Crippen molar-refractivity contribution < 1.29 is 0 Å². The number of rotatable bonds is 6. The standard InChI is InChI=1S/C12H26N2/c1-6-7-12(13)14-8-11(9(2)3)10(4)5/h9-11H,6-8H2,1-5H3,(H2,13,14). The van der Waals surface area contributed by atoms with Crippen LogP contribution in [0, 0.1) is 17.8 Å². The Kier molecular flexibility index (Phi) is 6.60. The number of amidine groups is 1. The molecule has 84 valence electrons. The molecule has 0 aromatic heterocycles. The third-order valence-corrected chi connectivity index (χ3v) is 2.72. The van der Waals surface area contributed by atoms with E-state index in [2.05, 4.69) is 39.6 Å². The average Bonchev–Trinajstić information content (AvgIpc) is 2.03. The minimum Gasteiger partial charge on any atom is -0.387 e. The van der Waals surface area contributed by atoms with Gasteiger partial charge in [-0.25, -0.2) is 0 Å². The van der Waals surface area contributed by atoms with Gasteiger partial charge in [0.25, 0.3) is 0 Å². The fourth-order valence-corrected chi connectivity index (χ4v) is 1.75. The molecule has 0 atom stereocenters. The maximum Gasteiger partial charge on any atom is 0.0937 e. The molecule has 0 aliphatic heterocycles. The van der Waals surface area contributed by atoms with Gasteiger partial charge in [0, 0.05) is 13.0 Å². The summed E-state index contributed by atoms with van der Waals surface area (Å²) in [5, 5.41) is 0. The first-order valence-corrected chi connectivity index (χ1v) is 5.77. The topological polar surface area (TPSA) is 38.4 Å². The summed E-state index contributed by atoms with van der Waals surface area (Å²) >= 11 is 0. The molecule has 0 bridgehead atoms. The molecule has 14 heavy (non-hydrogen) atoms. The molecule has 0 saturated heterocycles. The molecule has 0 heterocycles. The van der Waals surface area contributed by atoms with Gasteiger partial charge in [-0.1, -0.05) is 34.6 Å². The van der Waals surface area contributed by atoms with Crippen LogP contribution in [0.4, 0.5) is 0 Å². The van der Waals surface area contributed by atoms with Gasteiger partial charge in [-0.2, -0.15) is 0 Å². The molecule has 0 aliphatic rings. The van der Waals surface area contributed by atoms with E-state index in [1.54, 1.807) is 0 Å². The van der Waals surface area contributed by atoms with Crippen LogP contribution in [0.15, 0.2) is 4.99 Å². The first-order chi connectivity index (χ1) is 6.49. The summed E-state index contributed by atoms with van der Waals surface area (Å²) in [6.45, 7) is 12.1. The van der Waals surface area contributed by atoms with Crippen molar-refractivity contribution in [2.75, 3.05) is 6.54 Å². The molecule has 0 unspecified atom stereocenters. The van der Waals surface area contributed by atoms with E-state index in [1.807, 2.05) is 0 Å². The first kappa shape index (κ1) is 13.5. The number of hydrogen-bond acceptors (Lipinski definition) is 1. The summed E-state index contributed by atoms with van der Waals surface area (Å²) in [5.41, 5.74) is 5.78. The summed E-state index contributed by atoms with van der Waals surface area (Å²) in [6.07, 6.45) is 2.02. The Labute approximate surface area is 89.0 Å². The van der Waals surface area contributed by atoms with Gasteiger partial charge < -0.3 is 5.73 Å². The Balaban J connectivity index is 4.11. The van der Waals surface area contributed by atoms with Gasteiger partial charge in [-0.3, -0.25) is 4.99 Å². The van der Waals surface area contributed by atoms with E-state index in [0.717, 1.165) is 25.2 Å². The summed E-state index contributed by atoms with van der Waals surface area (Å²) in [4.78, 5) is 4.45. The normalized spacial score (nSPS) is 13.3. The third-order valence-electron chi connectivity index (χ3n) is 2.72. The van der Waals surface area contributed by atoms with Crippen molar-refractivity contribution in [2.24, 2.45) is 28.5 Å². The van der Waals surface area contributed by atoms with Gasteiger partial charge >= 0.3 is 0 Å². The highest BCUT2D eigenvalue weighted by Gasteiger charge is 2.16. The zero-order valence-electron chi connectivity index (χ0n) is 10.4. The van der Waals surface area contributed by atoms with E-state index in [9.17, 15) is 0 Å². The Morgan fingerprint density at radius 3 is 2.00 bits per heavy atom. The van der Waals surface area contributed by atoms with Crippen molar-refractivity contribution in [3.63, 3.8) is 0 Å². The molecule has 2 N–H and O–H groups in total. The van der Waals surface area contributed by atoms with Crippen LogP contribution in [-0.4, -0.2) is 12.4 Å². The molecule has 0 rings (SSSR count). The summed E-state index contributed by atoms with van der Waals surface area (Å²) < 4.78 is 0. The second kappa shape index (κ2) is 6.86. The molecule has 0 amide bonds. The molecule has 0 spiro atoms. The fraction of sp³-hybridized carbons (Fsp3) is 0.917. The van der Waals surface area contributed by atoms with Crippen molar-refractivity contribution in [3.05, 3.63) is 0 Å². The predicted octanol–water partition coefficient (Wildman–Crippen LogP) is 3.07. The van der Waals surface area contributed by atoms with Gasteiger partial charge in [-0.05, 0) is 24.2 Å². The molecular weight excluding hydrogens is 172 g/mol. The van der Waals surface area contributed by atoms with Gasteiger partial charge in [-0.15, -0.1) is 0 Å². The van der Waals surface area contributed by atoms with E-state index in [1.165, 1.54) is 0 Å². The lowest BCUT2D eigenvalue weighted by atomic mass is 9.86. The van der Waals surface area contributed by atoms with E-state index < -0.39 is 0 Å². The van der Waals surface area contributed by atoms with Crippen LogP contribution in [-0.2, 0) is 0 Å². The van der Waals surface area contributed by atoms with Crippen LogP contribution in [0.1, 0.15) is 47.5 Å². The van der Waals surface area contributed by atoms with Crippen molar-refractivity contribution in [2.45, 2.75) is 47.5 Å². The summed E-state index contributed by atoms with van der Waals surface area (Å²) in [5.74, 6) is 2.85. The lowest BCUT2D eigenvalue weighted by Crippen LogP contribution is -2.21. The van der Waals surface area contributed by atoms with Crippen LogP contribution in [0.2, 0.25) is 0 Å². The SMILES string of the molecule is CCCC(N)=NCC(C(C)C)C(C)C. The molecule has 0 fully saturated rings. The second-order valence-corrected chi connectivity index (χ2v) is 4.73. The lowest BCUT2D eigenvalue weighted by Gasteiger charge is -2.22.